The first-order chi connectivity index (χ1) is 22.5. The molecule has 0 radical (unpaired) electrons. The third kappa shape index (κ3) is 7.75. The summed E-state index contributed by atoms with van der Waals surface area (Å²) in [6, 6.07) is 15.2. The molecule has 1 aliphatic rings. The van der Waals surface area contributed by atoms with Crippen molar-refractivity contribution in [2.45, 2.75) is 45.9 Å². The Bertz CT molecular complexity index is 2020. The topological polar surface area (TPSA) is 82.1 Å². The molecule has 1 aliphatic carbocycles. The normalized spacial score (nSPS) is 18.1. The molecule has 0 fully saturated rings. The number of hydrogen-bond donors (Lipinski definition) is 1. The fourth-order valence-corrected chi connectivity index (χ4v) is 7.78. The number of fused-ring (bicyclic) bond motifs is 1. The molecule has 1 unspecified atom stereocenters. The van der Waals surface area contributed by atoms with Crippen molar-refractivity contribution >= 4 is 67.4 Å². The number of carbonyl (C=O) groups is 2. The molecule has 1 atom stereocenters. The molecule has 1 heterocycles. The Balaban J connectivity index is 1.38. The third-order valence-electron chi connectivity index (χ3n) is 8.04. The predicted molar refractivity (Wildman–Crippen MR) is 194 cm³/mol. The monoisotopic (exact) mass is 730 g/mol. The molecule has 6 nitrogen and oxygen atoms in total. The number of rotatable bonds is 8. The highest BCUT2D eigenvalue weighted by molar-refractivity contribution is 9.14. The van der Waals surface area contributed by atoms with Crippen molar-refractivity contribution in [3.8, 4) is 17.2 Å². The van der Waals surface area contributed by atoms with Crippen molar-refractivity contribution < 1.29 is 28.4 Å². The van der Waals surface area contributed by atoms with Crippen LogP contribution in [0.4, 0.5) is 0 Å². The Labute approximate surface area is 291 Å². The number of benzene rings is 3. The van der Waals surface area contributed by atoms with Crippen LogP contribution in [0, 0.1) is 33.6 Å². The Morgan fingerprint density at radius 2 is 1.70 bits per heavy atom. The molecule has 9 heteroatoms. The molecule has 0 saturated carbocycles. The Morgan fingerprint density at radius 3 is 2.36 bits per heavy atom. The smallest absolute Gasteiger partial charge is 0.343 e. The number of esters is 1. The highest BCUT2D eigenvalue weighted by atomic mass is 79.9. The van der Waals surface area contributed by atoms with Gasteiger partial charge in [-0.15, -0.1) is 11.3 Å². The molecule has 5 rings (SSSR count). The number of aromatic carboxylic acids is 1. The average molecular weight is 732 g/mol. The quantitative estimate of drug-likeness (QED) is 0.110. The van der Waals surface area contributed by atoms with Gasteiger partial charge in [0.2, 0.25) is 0 Å². The minimum absolute atomic E-state index is 0.0684. The number of carboxylic acid groups (broad SMARTS) is 1. The van der Waals surface area contributed by atoms with Crippen LogP contribution in [-0.2, 0) is 0 Å². The van der Waals surface area contributed by atoms with Gasteiger partial charge in [-0.1, -0.05) is 47.2 Å². The van der Waals surface area contributed by atoms with Crippen LogP contribution in [0.3, 0.4) is 0 Å². The number of ether oxygens (including phenoxy) is 2. The van der Waals surface area contributed by atoms with Crippen LogP contribution in [-0.4, -0.2) is 24.2 Å². The van der Waals surface area contributed by atoms with Crippen molar-refractivity contribution in [2.24, 2.45) is 5.92 Å². The van der Waals surface area contributed by atoms with E-state index in [1.54, 1.807) is 30.3 Å². The van der Waals surface area contributed by atoms with Gasteiger partial charge in [0.1, 0.15) is 22.8 Å². The van der Waals surface area contributed by atoms with Crippen LogP contribution >= 0.6 is 39.3 Å². The van der Waals surface area contributed by atoms with E-state index in [1.165, 1.54) is 49.5 Å². The van der Waals surface area contributed by atoms with Crippen molar-refractivity contribution in [2.75, 3.05) is 7.11 Å². The Hall–Kier alpha value is -4.05. The second-order valence-electron chi connectivity index (χ2n) is 11.3. The molecule has 47 heavy (non-hydrogen) atoms. The van der Waals surface area contributed by atoms with E-state index in [4.69, 9.17) is 13.7 Å². The van der Waals surface area contributed by atoms with E-state index in [1.807, 2.05) is 25.2 Å². The molecule has 4 aromatic rings. The maximum absolute atomic E-state index is 12.8. The summed E-state index contributed by atoms with van der Waals surface area (Å²) in [6.45, 7) is 10.6. The van der Waals surface area contributed by atoms with Crippen molar-refractivity contribution in [1.82, 2.24) is 0 Å². The zero-order chi connectivity index (χ0) is 33.8. The SMILES string of the molecule is COc1ccc(C(=O)Oc2cc(SOc3c(C)cc(/C4=C/C=C\C(C)/C(Br)=c5/sc(C)c(C)/c5=C/C4)cc3C)ccc2C(=O)O)cc1. The number of methoxy groups -OCH3 is 1. The summed E-state index contributed by atoms with van der Waals surface area (Å²) in [5.74, 6) is -0.387. The molecule has 0 bridgehead atoms. The first-order valence-corrected chi connectivity index (χ1v) is 17.3. The van der Waals surface area contributed by atoms with Crippen LogP contribution in [0.15, 0.2) is 77.7 Å². The number of hydrogen-bond acceptors (Lipinski definition) is 7. The van der Waals surface area contributed by atoms with Gasteiger partial charge in [0.25, 0.3) is 0 Å². The number of halogens is 1. The van der Waals surface area contributed by atoms with Gasteiger partial charge in [-0.25, -0.2) is 9.59 Å². The third-order valence-corrected chi connectivity index (χ3v) is 11.4. The molecule has 0 spiro atoms. The summed E-state index contributed by atoms with van der Waals surface area (Å²) in [6.07, 6.45) is 9.66. The number of allylic oxidation sites excluding steroid dienone is 4. The number of carboxylic acids is 1. The molecule has 0 amide bonds. The van der Waals surface area contributed by atoms with E-state index in [0.29, 0.717) is 10.6 Å². The first kappa shape index (κ1) is 34.3. The lowest BCUT2D eigenvalue weighted by atomic mass is 9.96. The van der Waals surface area contributed by atoms with Crippen molar-refractivity contribution in [3.63, 3.8) is 0 Å². The average Bonchev–Trinajstić information content (AvgIpc) is 3.33. The van der Waals surface area contributed by atoms with Gasteiger partial charge < -0.3 is 18.8 Å². The minimum Gasteiger partial charge on any atom is -0.497 e. The van der Waals surface area contributed by atoms with Gasteiger partial charge in [-0.05, 0) is 122 Å². The predicted octanol–water partition coefficient (Wildman–Crippen LogP) is 8.96. The van der Waals surface area contributed by atoms with E-state index in [2.05, 4.69) is 73.1 Å². The largest absolute Gasteiger partial charge is 0.497 e. The lowest BCUT2D eigenvalue weighted by Gasteiger charge is -2.15. The standard InChI is InChI=1S/C38H35BrO6S2/c1-21-8-7-9-26(12-16-31-24(4)25(5)46-36(31)34(21)39)28-18-22(2)35(23(3)19-28)45-47-30-15-17-32(37(40)41)33(20-30)44-38(42)27-10-13-29(43-6)14-11-27/h7-11,13-21H,12H2,1-6H3,(H,40,41)/b8-7-,26-9+,31-16-,36-34-. The number of aryl methyl sites for hydroxylation is 3. The minimum atomic E-state index is -1.20. The summed E-state index contributed by atoms with van der Waals surface area (Å²) < 4.78 is 19.4. The van der Waals surface area contributed by atoms with Gasteiger partial charge in [0.05, 0.1) is 29.6 Å². The van der Waals surface area contributed by atoms with E-state index in [0.717, 1.165) is 40.9 Å². The molecular formula is C38H35BrO6S2. The van der Waals surface area contributed by atoms with Gasteiger partial charge >= 0.3 is 11.9 Å². The van der Waals surface area contributed by atoms with E-state index >= 15 is 0 Å². The van der Waals surface area contributed by atoms with Crippen LogP contribution in [0.25, 0.3) is 16.1 Å². The molecular weight excluding hydrogens is 696 g/mol. The van der Waals surface area contributed by atoms with E-state index < -0.39 is 11.9 Å². The summed E-state index contributed by atoms with van der Waals surface area (Å²) in [5, 5.41) is 11.0. The molecule has 3 aromatic carbocycles. The maximum atomic E-state index is 12.8. The molecule has 0 saturated heterocycles. The van der Waals surface area contributed by atoms with Crippen LogP contribution in [0.2, 0.25) is 0 Å². The lowest BCUT2D eigenvalue weighted by Crippen LogP contribution is -2.23. The summed E-state index contributed by atoms with van der Waals surface area (Å²) >= 11 is 6.78. The van der Waals surface area contributed by atoms with E-state index in [9.17, 15) is 14.7 Å². The van der Waals surface area contributed by atoms with Crippen LogP contribution < -0.4 is 23.4 Å². The molecule has 242 valence electrons. The summed E-state index contributed by atoms with van der Waals surface area (Å²) in [5.41, 5.74) is 5.73. The summed E-state index contributed by atoms with van der Waals surface area (Å²) in [7, 11) is 1.53. The van der Waals surface area contributed by atoms with Gasteiger partial charge in [0.15, 0.2) is 0 Å². The first-order valence-electron chi connectivity index (χ1n) is 15.0. The zero-order valence-corrected chi connectivity index (χ0v) is 30.2. The number of carbonyl (C=O) groups excluding carboxylic acids is 1. The van der Waals surface area contributed by atoms with Gasteiger partial charge in [0, 0.05) is 19.8 Å². The second kappa shape index (κ2) is 14.8. The maximum Gasteiger partial charge on any atom is 0.343 e. The Morgan fingerprint density at radius 1 is 1.00 bits per heavy atom. The Kier molecular flexibility index (Phi) is 10.8. The van der Waals surface area contributed by atoms with Crippen LogP contribution in [0.5, 0.6) is 17.2 Å². The van der Waals surface area contributed by atoms with Gasteiger partial charge in [-0.2, -0.15) is 0 Å². The highest BCUT2D eigenvalue weighted by Gasteiger charge is 2.19. The number of thiophene rings is 1. The van der Waals surface area contributed by atoms with Crippen molar-refractivity contribution in [1.29, 1.82) is 0 Å². The lowest BCUT2D eigenvalue weighted by molar-refractivity contribution is 0.0681. The molecule has 0 aliphatic heterocycles. The van der Waals surface area contributed by atoms with Crippen LogP contribution in [0.1, 0.15) is 61.2 Å². The van der Waals surface area contributed by atoms with Gasteiger partial charge in [-0.3, -0.25) is 0 Å². The highest BCUT2D eigenvalue weighted by Crippen LogP contribution is 2.35. The fraction of sp³-hybridized carbons (Fsp3) is 0.211. The fourth-order valence-electron chi connectivity index (χ4n) is 5.25. The van der Waals surface area contributed by atoms with Crippen molar-refractivity contribution in [3.05, 3.63) is 121 Å². The molecule has 1 aromatic heterocycles. The summed E-state index contributed by atoms with van der Waals surface area (Å²) in [4.78, 5) is 26.6. The zero-order valence-electron chi connectivity index (χ0n) is 27.0. The molecule has 1 N–H and O–H groups in total. The second-order valence-corrected chi connectivity index (χ2v) is 14.2. The van der Waals surface area contributed by atoms with E-state index in [-0.39, 0.29) is 22.8 Å².